The minimum atomic E-state index is 0.822. The maximum Gasteiger partial charge on any atom is 0.131 e. The summed E-state index contributed by atoms with van der Waals surface area (Å²) in [5.41, 5.74) is 1.45. The Morgan fingerprint density at radius 1 is 1.24 bits per heavy atom. The molecule has 92 valence electrons. The van der Waals surface area contributed by atoms with E-state index in [1.807, 2.05) is 6.20 Å². The van der Waals surface area contributed by atoms with Gasteiger partial charge in [0.15, 0.2) is 0 Å². The zero-order valence-electron chi connectivity index (χ0n) is 10.4. The molecular formula is C14H21N3. The Morgan fingerprint density at radius 2 is 2.06 bits per heavy atom. The monoisotopic (exact) mass is 231 g/mol. The highest BCUT2D eigenvalue weighted by atomic mass is 15.2. The predicted molar refractivity (Wildman–Crippen MR) is 70.4 cm³/mol. The number of anilines is 1. The van der Waals surface area contributed by atoms with Gasteiger partial charge in [-0.1, -0.05) is 6.07 Å². The smallest absolute Gasteiger partial charge is 0.131 e. The number of hydrogen-bond acceptors (Lipinski definition) is 3. The molecule has 0 atom stereocenters. The number of nitrogens with one attached hydrogen (secondary N) is 1. The second kappa shape index (κ2) is 5.05. The Kier molecular flexibility index (Phi) is 3.27. The Balaban J connectivity index is 1.76. The van der Waals surface area contributed by atoms with Gasteiger partial charge in [0.25, 0.3) is 0 Å². The molecule has 2 aliphatic rings. The van der Waals surface area contributed by atoms with Crippen LogP contribution in [0.25, 0.3) is 0 Å². The molecule has 2 saturated heterocycles. The first-order valence-corrected chi connectivity index (χ1v) is 6.83. The summed E-state index contributed by atoms with van der Waals surface area (Å²) in [6.45, 7) is 4.72. The molecule has 0 unspecified atom stereocenters. The fourth-order valence-corrected chi connectivity index (χ4v) is 2.78. The summed E-state index contributed by atoms with van der Waals surface area (Å²) in [6.07, 6.45) is 7.15. The molecule has 3 heterocycles. The third-order valence-electron chi connectivity index (χ3n) is 3.90. The van der Waals surface area contributed by atoms with Gasteiger partial charge in [-0.15, -0.1) is 0 Å². The van der Waals surface area contributed by atoms with Gasteiger partial charge in [-0.25, -0.2) is 4.98 Å². The van der Waals surface area contributed by atoms with Crippen molar-refractivity contribution in [3.05, 3.63) is 23.9 Å². The lowest BCUT2D eigenvalue weighted by atomic mass is 9.94. The van der Waals surface area contributed by atoms with Crippen molar-refractivity contribution in [3.63, 3.8) is 0 Å². The van der Waals surface area contributed by atoms with Crippen LogP contribution in [0.15, 0.2) is 18.3 Å². The van der Waals surface area contributed by atoms with Gasteiger partial charge in [0, 0.05) is 19.3 Å². The molecule has 3 nitrogen and oxygen atoms in total. The van der Waals surface area contributed by atoms with Crippen molar-refractivity contribution >= 4 is 5.82 Å². The quantitative estimate of drug-likeness (QED) is 0.860. The van der Waals surface area contributed by atoms with Crippen LogP contribution < -0.4 is 10.2 Å². The normalized spacial score (nSPS) is 21.3. The lowest BCUT2D eigenvalue weighted by Crippen LogP contribution is -2.43. The maximum absolute atomic E-state index is 4.62. The summed E-state index contributed by atoms with van der Waals surface area (Å²) in [7, 11) is 0. The Labute approximate surface area is 103 Å². The fraction of sp³-hybridized carbons (Fsp3) is 0.643. The van der Waals surface area contributed by atoms with Crippen molar-refractivity contribution in [1.29, 1.82) is 0 Å². The molecule has 0 amide bonds. The highest BCUT2D eigenvalue weighted by molar-refractivity contribution is 5.47. The van der Waals surface area contributed by atoms with Crippen LogP contribution in [-0.4, -0.2) is 31.2 Å². The largest absolute Gasteiger partial charge is 0.356 e. The highest BCUT2D eigenvalue weighted by Crippen LogP contribution is 2.24. The third-order valence-corrected chi connectivity index (χ3v) is 3.90. The van der Waals surface area contributed by atoms with Crippen molar-refractivity contribution < 1.29 is 0 Å². The summed E-state index contributed by atoms with van der Waals surface area (Å²) in [6, 6.07) is 4.34. The van der Waals surface area contributed by atoms with Crippen molar-refractivity contribution in [1.82, 2.24) is 10.3 Å². The zero-order chi connectivity index (χ0) is 11.5. The molecule has 1 aromatic rings. The molecule has 0 aliphatic carbocycles. The lowest BCUT2D eigenvalue weighted by Gasteiger charge is -2.32. The highest BCUT2D eigenvalue weighted by Gasteiger charge is 2.21. The number of pyridine rings is 1. The Hall–Kier alpha value is -1.09. The summed E-state index contributed by atoms with van der Waals surface area (Å²) < 4.78 is 0. The van der Waals surface area contributed by atoms with E-state index < -0.39 is 0 Å². The molecule has 3 heteroatoms. The van der Waals surface area contributed by atoms with Gasteiger partial charge in [-0.3, -0.25) is 0 Å². The Bertz CT molecular complexity index is 367. The Morgan fingerprint density at radius 3 is 2.76 bits per heavy atom. The number of nitrogens with zero attached hydrogens (tertiary/aromatic N) is 2. The van der Waals surface area contributed by atoms with Gasteiger partial charge in [0.1, 0.15) is 5.82 Å². The average Bonchev–Trinajstić information content (AvgIpc) is 2.35. The SMILES string of the molecule is c1cnc(N2CCCCC2)c(CC2CNC2)c1. The van der Waals surface area contributed by atoms with Crippen LogP contribution in [0.3, 0.4) is 0 Å². The van der Waals surface area contributed by atoms with E-state index in [-0.39, 0.29) is 0 Å². The first-order valence-electron chi connectivity index (χ1n) is 6.83. The van der Waals surface area contributed by atoms with E-state index in [1.165, 1.54) is 63.2 Å². The second-order valence-corrected chi connectivity index (χ2v) is 5.26. The number of piperidine rings is 1. The molecule has 3 rings (SSSR count). The van der Waals surface area contributed by atoms with E-state index in [0.717, 1.165) is 5.92 Å². The average molecular weight is 231 g/mol. The molecule has 2 fully saturated rings. The van der Waals surface area contributed by atoms with Gasteiger partial charge >= 0.3 is 0 Å². The van der Waals surface area contributed by atoms with E-state index in [0.29, 0.717) is 0 Å². The van der Waals surface area contributed by atoms with E-state index in [2.05, 4.69) is 27.3 Å². The summed E-state index contributed by atoms with van der Waals surface area (Å²) in [5, 5.41) is 3.35. The molecule has 0 aromatic carbocycles. The van der Waals surface area contributed by atoms with Gasteiger partial charge in [-0.05, 0) is 56.3 Å². The van der Waals surface area contributed by atoms with Crippen LogP contribution >= 0.6 is 0 Å². The number of rotatable bonds is 3. The van der Waals surface area contributed by atoms with E-state index in [9.17, 15) is 0 Å². The van der Waals surface area contributed by atoms with Crippen LogP contribution in [0, 0.1) is 5.92 Å². The molecule has 1 N–H and O–H groups in total. The van der Waals surface area contributed by atoms with Crippen LogP contribution in [0.1, 0.15) is 24.8 Å². The second-order valence-electron chi connectivity index (χ2n) is 5.26. The fourth-order valence-electron chi connectivity index (χ4n) is 2.78. The van der Waals surface area contributed by atoms with Crippen LogP contribution in [0.2, 0.25) is 0 Å². The predicted octanol–water partition coefficient (Wildman–Crippen LogP) is 1.83. The summed E-state index contributed by atoms with van der Waals surface area (Å²) >= 11 is 0. The summed E-state index contributed by atoms with van der Waals surface area (Å²) in [5.74, 6) is 2.07. The summed E-state index contributed by atoms with van der Waals surface area (Å²) in [4.78, 5) is 7.10. The van der Waals surface area contributed by atoms with Gasteiger partial charge in [-0.2, -0.15) is 0 Å². The van der Waals surface area contributed by atoms with E-state index >= 15 is 0 Å². The van der Waals surface area contributed by atoms with Crippen LogP contribution in [0.5, 0.6) is 0 Å². The number of hydrogen-bond donors (Lipinski definition) is 1. The van der Waals surface area contributed by atoms with E-state index in [4.69, 9.17) is 0 Å². The minimum Gasteiger partial charge on any atom is -0.356 e. The number of aromatic nitrogens is 1. The van der Waals surface area contributed by atoms with Crippen LogP contribution in [0.4, 0.5) is 5.82 Å². The molecular weight excluding hydrogens is 210 g/mol. The van der Waals surface area contributed by atoms with Crippen molar-refractivity contribution in [2.24, 2.45) is 5.92 Å². The lowest BCUT2D eigenvalue weighted by molar-refractivity contribution is 0.346. The molecule has 0 spiro atoms. The minimum absolute atomic E-state index is 0.822. The molecule has 1 aromatic heterocycles. The van der Waals surface area contributed by atoms with Crippen molar-refractivity contribution in [3.8, 4) is 0 Å². The van der Waals surface area contributed by atoms with Crippen LogP contribution in [-0.2, 0) is 6.42 Å². The zero-order valence-corrected chi connectivity index (χ0v) is 10.4. The van der Waals surface area contributed by atoms with E-state index in [1.54, 1.807) is 0 Å². The molecule has 17 heavy (non-hydrogen) atoms. The molecule has 0 saturated carbocycles. The third kappa shape index (κ3) is 2.44. The molecule has 2 aliphatic heterocycles. The van der Waals surface area contributed by atoms with Crippen molar-refractivity contribution in [2.45, 2.75) is 25.7 Å². The van der Waals surface area contributed by atoms with Gasteiger partial charge in [0.2, 0.25) is 0 Å². The molecule has 0 bridgehead atoms. The maximum atomic E-state index is 4.62. The molecule has 0 radical (unpaired) electrons. The first-order chi connectivity index (χ1) is 8.43. The first kappa shape index (κ1) is 11.0. The van der Waals surface area contributed by atoms with Crippen molar-refractivity contribution in [2.75, 3.05) is 31.1 Å². The topological polar surface area (TPSA) is 28.2 Å². The standard InChI is InChI=1S/C14H21N3/c1-2-7-17(8-3-1)14-13(5-4-6-16-14)9-12-10-15-11-12/h4-6,12,15H,1-3,7-11H2. The van der Waals surface area contributed by atoms with Gasteiger partial charge < -0.3 is 10.2 Å². The van der Waals surface area contributed by atoms with Gasteiger partial charge in [0.05, 0.1) is 0 Å².